The van der Waals surface area contributed by atoms with Crippen molar-refractivity contribution in [1.29, 1.82) is 0 Å². The smallest absolute Gasteiger partial charge is 0.169 e. The number of aryl methyl sites for hydroxylation is 1. The van der Waals surface area contributed by atoms with Gasteiger partial charge in [-0.1, -0.05) is 6.07 Å². The molecular formula is C25H29N5OS. The zero-order valence-corrected chi connectivity index (χ0v) is 19.6. The summed E-state index contributed by atoms with van der Waals surface area (Å²) in [6, 6.07) is 17.3. The zero-order valence-electron chi connectivity index (χ0n) is 18.8. The van der Waals surface area contributed by atoms with E-state index in [1.165, 1.54) is 28.3 Å². The van der Waals surface area contributed by atoms with Gasteiger partial charge in [0.15, 0.2) is 5.11 Å². The summed E-state index contributed by atoms with van der Waals surface area (Å²) in [7, 11) is 2.06. The van der Waals surface area contributed by atoms with Gasteiger partial charge in [0.25, 0.3) is 0 Å². The molecule has 0 aliphatic carbocycles. The van der Waals surface area contributed by atoms with Gasteiger partial charge in [-0.15, -0.1) is 0 Å². The largest absolute Gasteiger partial charge is 0.378 e. The Hall–Kier alpha value is -2.90. The van der Waals surface area contributed by atoms with Gasteiger partial charge in [-0.2, -0.15) is 0 Å². The van der Waals surface area contributed by atoms with Gasteiger partial charge in [-0.3, -0.25) is 4.98 Å². The minimum atomic E-state index is 0.0198. The molecule has 2 aliphatic heterocycles. The van der Waals surface area contributed by atoms with Crippen LogP contribution in [0, 0.1) is 13.8 Å². The van der Waals surface area contributed by atoms with E-state index in [2.05, 4.69) is 82.0 Å². The third kappa shape index (κ3) is 3.65. The van der Waals surface area contributed by atoms with E-state index in [4.69, 9.17) is 17.0 Å². The van der Waals surface area contributed by atoms with Gasteiger partial charge < -0.3 is 24.4 Å². The summed E-state index contributed by atoms with van der Waals surface area (Å²) in [4.78, 5) is 9.14. The minimum absolute atomic E-state index is 0.0198. The fraction of sp³-hybridized carbons (Fsp3) is 0.360. The highest BCUT2D eigenvalue weighted by molar-refractivity contribution is 7.80. The normalized spacial score (nSPS) is 21.2. The van der Waals surface area contributed by atoms with E-state index in [9.17, 15) is 0 Å². The van der Waals surface area contributed by atoms with Crippen molar-refractivity contribution < 1.29 is 4.74 Å². The van der Waals surface area contributed by atoms with Crippen molar-refractivity contribution in [1.82, 2.24) is 19.8 Å². The fourth-order valence-corrected chi connectivity index (χ4v) is 5.21. The zero-order chi connectivity index (χ0) is 22.2. The number of thiocarbonyl (C=S) groups is 1. The number of hydrogen-bond acceptors (Lipinski definition) is 4. The lowest BCUT2D eigenvalue weighted by molar-refractivity contribution is 0.122. The highest BCUT2D eigenvalue weighted by Gasteiger charge is 2.39. The summed E-state index contributed by atoms with van der Waals surface area (Å²) in [6.07, 6.45) is 1.84. The van der Waals surface area contributed by atoms with Gasteiger partial charge in [0, 0.05) is 49.1 Å². The molecule has 2 saturated heterocycles. The van der Waals surface area contributed by atoms with Crippen LogP contribution in [0.2, 0.25) is 0 Å². The Morgan fingerprint density at radius 1 is 1.03 bits per heavy atom. The maximum atomic E-state index is 5.62. The lowest BCUT2D eigenvalue weighted by atomic mass is 9.97. The number of likely N-dealkylation sites (N-methyl/N-ethyl adjacent to an activating group) is 1. The number of pyridine rings is 1. The van der Waals surface area contributed by atoms with Crippen LogP contribution in [0.1, 0.15) is 34.7 Å². The molecular weight excluding hydrogens is 418 g/mol. The minimum Gasteiger partial charge on any atom is -0.378 e. The topological polar surface area (TPSA) is 45.6 Å². The van der Waals surface area contributed by atoms with E-state index >= 15 is 0 Å². The Morgan fingerprint density at radius 2 is 1.75 bits per heavy atom. The van der Waals surface area contributed by atoms with Crippen LogP contribution < -0.4 is 10.2 Å². The van der Waals surface area contributed by atoms with E-state index in [-0.39, 0.29) is 12.1 Å². The summed E-state index contributed by atoms with van der Waals surface area (Å²) in [5.41, 5.74) is 7.14. The molecule has 0 bridgehead atoms. The van der Waals surface area contributed by atoms with Gasteiger partial charge in [0.1, 0.15) is 0 Å². The average molecular weight is 448 g/mol. The molecule has 2 aromatic heterocycles. The second kappa shape index (κ2) is 8.56. The van der Waals surface area contributed by atoms with Crippen molar-refractivity contribution in [3.63, 3.8) is 0 Å². The monoisotopic (exact) mass is 447 g/mol. The third-order valence-electron chi connectivity index (χ3n) is 6.61. The van der Waals surface area contributed by atoms with Gasteiger partial charge in [-0.05, 0) is 74.1 Å². The van der Waals surface area contributed by atoms with E-state index < -0.39 is 0 Å². The molecule has 0 amide bonds. The summed E-state index contributed by atoms with van der Waals surface area (Å²) in [6.45, 7) is 7.85. The summed E-state index contributed by atoms with van der Waals surface area (Å²) in [5.74, 6) is 0. The number of hydrogen-bond donors (Lipinski definition) is 1. The lowest BCUT2D eigenvalue weighted by Gasteiger charge is -2.29. The Morgan fingerprint density at radius 3 is 2.44 bits per heavy atom. The molecule has 166 valence electrons. The van der Waals surface area contributed by atoms with Crippen LogP contribution in [0.25, 0.3) is 5.69 Å². The number of benzene rings is 1. The van der Waals surface area contributed by atoms with Crippen molar-refractivity contribution in [2.75, 3.05) is 38.3 Å². The molecule has 1 aromatic carbocycles. The molecule has 1 N–H and O–H groups in total. The molecule has 5 rings (SSSR count). The van der Waals surface area contributed by atoms with Crippen LogP contribution in [0.4, 0.5) is 5.69 Å². The first-order valence-electron chi connectivity index (χ1n) is 11.1. The SMILES string of the molecule is Cc1cc([C@H]2[C@H](c3ccccn3)NC(=S)N2C)c(C)n1-c1ccc(N2CCOCC2)cc1. The van der Waals surface area contributed by atoms with Crippen molar-refractivity contribution in [3.8, 4) is 5.69 Å². The third-order valence-corrected chi connectivity index (χ3v) is 7.02. The summed E-state index contributed by atoms with van der Waals surface area (Å²) >= 11 is 5.62. The van der Waals surface area contributed by atoms with Crippen molar-refractivity contribution in [2.45, 2.75) is 25.9 Å². The molecule has 2 fully saturated rings. The van der Waals surface area contributed by atoms with E-state index in [1.54, 1.807) is 0 Å². The van der Waals surface area contributed by atoms with Crippen molar-refractivity contribution in [2.24, 2.45) is 0 Å². The molecule has 7 heteroatoms. The van der Waals surface area contributed by atoms with Crippen LogP contribution in [0.15, 0.2) is 54.7 Å². The highest BCUT2D eigenvalue weighted by atomic mass is 32.1. The molecule has 3 aromatic rings. The maximum absolute atomic E-state index is 5.62. The second-order valence-corrected chi connectivity index (χ2v) is 8.90. The predicted octanol–water partition coefficient (Wildman–Crippen LogP) is 3.93. The van der Waals surface area contributed by atoms with Gasteiger partial charge in [-0.25, -0.2) is 0 Å². The Balaban J connectivity index is 1.49. The van der Waals surface area contributed by atoms with Crippen LogP contribution in [-0.4, -0.2) is 52.9 Å². The molecule has 0 radical (unpaired) electrons. The Bertz CT molecular complexity index is 1110. The number of morpholine rings is 1. The number of nitrogens with zero attached hydrogens (tertiary/aromatic N) is 4. The standard InChI is InChI=1S/C25H29N5OS/c1-17-16-21(24-23(27-25(32)28(24)3)22-6-4-5-11-26-22)18(2)30(17)20-9-7-19(8-10-20)29-12-14-31-15-13-29/h4-11,16,23-24H,12-15H2,1-3H3,(H,27,32)/t23-,24-/m0/s1. The Kier molecular flexibility index (Phi) is 5.61. The summed E-state index contributed by atoms with van der Waals surface area (Å²) < 4.78 is 7.82. The molecule has 4 heterocycles. The molecule has 2 aliphatic rings. The van der Waals surface area contributed by atoms with Crippen LogP contribution >= 0.6 is 12.2 Å². The molecule has 32 heavy (non-hydrogen) atoms. The maximum Gasteiger partial charge on any atom is 0.169 e. The van der Waals surface area contributed by atoms with E-state index in [0.717, 1.165) is 37.1 Å². The first kappa shape index (κ1) is 21.0. The van der Waals surface area contributed by atoms with E-state index in [1.807, 2.05) is 18.3 Å². The van der Waals surface area contributed by atoms with Crippen LogP contribution in [-0.2, 0) is 4.74 Å². The average Bonchev–Trinajstić information content (AvgIpc) is 3.29. The number of nitrogens with one attached hydrogen (secondary N) is 1. The number of ether oxygens (including phenoxy) is 1. The van der Waals surface area contributed by atoms with Crippen LogP contribution in [0.3, 0.4) is 0 Å². The highest BCUT2D eigenvalue weighted by Crippen LogP contribution is 2.40. The van der Waals surface area contributed by atoms with Crippen molar-refractivity contribution in [3.05, 3.63) is 77.4 Å². The molecule has 0 spiro atoms. The van der Waals surface area contributed by atoms with Gasteiger partial charge in [0.05, 0.1) is 31.0 Å². The fourth-order valence-electron chi connectivity index (χ4n) is 4.97. The second-order valence-electron chi connectivity index (χ2n) is 8.52. The molecule has 2 atom stereocenters. The number of anilines is 1. The first-order chi connectivity index (χ1) is 15.5. The molecule has 0 saturated carbocycles. The number of aromatic nitrogens is 2. The Labute approximate surface area is 194 Å². The first-order valence-corrected chi connectivity index (χ1v) is 11.5. The predicted molar refractivity (Wildman–Crippen MR) is 131 cm³/mol. The molecule has 6 nitrogen and oxygen atoms in total. The van der Waals surface area contributed by atoms with E-state index in [0.29, 0.717) is 0 Å². The molecule has 0 unspecified atom stereocenters. The quantitative estimate of drug-likeness (QED) is 0.612. The van der Waals surface area contributed by atoms with Crippen molar-refractivity contribution >= 4 is 23.0 Å². The summed E-state index contributed by atoms with van der Waals surface area (Å²) in [5, 5.41) is 4.23. The van der Waals surface area contributed by atoms with Gasteiger partial charge in [0.2, 0.25) is 0 Å². The van der Waals surface area contributed by atoms with Crippen LogP contribution in [0.5, 0.6) is 0 Å². The number of rotatable bonds is 4. The lowest BCUT2D eigenvalue weighted by Crippen LogP contribution is -2.36. The van der Waals surface area contributed by atoms with Gasteiger partial charge >= 0.3 is 0 Å².